The molecule has 12 aromatic rings. The van der Waals surface area contributed by atoms with Crippen LogP contribution >= 0.6 is 0 Å². The molecule has 12 rings (SSSR count). The highest BCUT2D eigenvalue weighted by Gasteiger charge is 2.23. The first-order valence-electron chi connectivity index (χ1n) is 19.1. The number of fused-ring (bicyclic) bond motifs is 9. The van der Waals surface area contributed by atoms with E-state index >= 15 is 0 Å². The lowest BCUT2D eigenvalue weighted by Gasteiger charge is -2.15. The Morgan fingerprint density at radius 3 is 1.47 bits per heavy atom. The Morgan fingerprint density at radius 2 is 0.842 bits per heavy atom. The van der Waals surface area contributed by atoms with Crippen molar-refractivity contribution in [2.24, 2.45) is 0 Å². The standard InChI is InChI=1S/C51H31N5O/c1-2-16-32(17-3-1)33-30-40-38-22-9-15-29-47(38)57-48(40)41(31-33)50-52-49(53-51(54-50)56-44-26-12-6-20-36(44)37-21-7-13-27-45(37)56)39-23-8-14-28-46(39)55-42-24-10-4-18-34(42)35-19-5-11-25-43(35)55/h1-31H. The number of furan rings is 1. The molecule has 0 radical (unpaired) electrons. The molecular weight excluding hydrogens is 699 g/mol. The molecule has 0 unspecified atom stereocenters. The average molecular weight is 730 g/mol. The van der Waals surface area contributed by atoms with Gasteiger partial charge in [0, 0.05) is 37.9 Å². The topological polar surface area (TPSA) is 61.7 Å². The Labute approximate surface area is 326 Å². The average Bonchev–Trinajstić information content (AvgIpc) is 3.94. The molecule has 6 heteroatoms. The molecule has 0 atom stereocenters. The SMILES string of the molecule is c1ccc(-c2cc(-c3nc(-c4ccccc4-n4c5ccccc5c5ccccc54)nc(-n4c5ccccc5c5ccccc54)n3)c3oc4ccccc4c3c2)cc1. The van der Waals surface area contributed by atoms with E-state index in [1.54, 1.807) is 0 Å². The summed E-state index contributed by atoms with van der Waals surface area (Å²) >= 11 is 0. The Hall–Kier alpha value is -7.83. The second kappa shape index (κ2) is 12.3. The minimum absolute atomic E-state index is 0.524. The largest absolute Gasteiger partial charge is 0.455 e. The summed E-state index contributed by atoms with van der Waals surface area (Å²) in [6.07, 6.45) is 0. The fourth-order valence-electron chi connectivity index (χ4n) is 8.67. The van der Waals surface area contributed by atoms with Crippen LogP contribution in [-0.4, -0.2) is 24.1 Å². The van der Waals surface area contributed by atoms with E-state index in [4.69, 9.17) is 19.4 Å². The third-order valence-corrected chi connectivity index (χ3v) is 11.2. The lowest BCUT2D eigenvalue weighted by Crippen LogP contribution is -2.08. The molecule has 266 valence electrons. The zero-order valence-corrected chi connectivity index (χ0v) is 30.5. The minimum atomic E-state index is 0.524. The summed E-state index contributed by atoms with van der Waals surface area (Å²) < 4.78 is 11.2. The zero-order chi connectivity index (χ0) is 37.5. The highest BCUT2D eigenvalue weighted by Crippen LogP contribution is 2.41. The molecule has 8 aromatic carbocycles. The van der Waals surface area contributed by atoms with Crippen molar-refractivity contribution in [3.63, 3.8) is 0 Å². The summed E-state index contributed by atoms with van der Waals surface area (Å²) in [5.74, 6) is 1.61. The maximum Gasteiger partial charge on any atom is 0.238 e. The second-order valence-corrected chi connectivity index (χ2v) is 14.4. The van der Waals surface area contributed by atoms with E-state index in [9.17, 15) is 0 Å². The van der Waals surface area contributed by atoms with Crippen molar-refractivity contribution in [1.82, 2.24) is 24.1 Å². The lowest BCUT2D eigenvalue weighted by atomic mass is 9.99. The zero-order valence-electron chi connectivity index (χ0n) is 30.5. The highest BCUT2D eigenvalue weighted by atomic mass is 16.3. The van der Waals surface area contributed by atoms with E-state index < -0.39 is 0 Å². The van der Waals surface area contributed by atoms with Gasteiger partial charge in [-0.1, -0.05) is 133 Å². The number of nitrogens with zero attached hydrogens (tertiary/aromatic N) is 5. The Kier molecular flexibility index (Phi) is 6.83. The molecule has 0 bridgehead atoms. The van der Waals surface area contributed by atoms with Crippen LogP contribution < -0.4 is 0 Å². The van der Waals surface area contributed by atoms with Crippen LogP contribution in [-0.2, 0) is 0 Å². The molecule has 0 aliphatic carbocycles. The van der Waals surface area contributed by atoms with Crippen LogP contribution in [0.3, 0.4) is 0 Å². The van der Waals surface area contributed by atoms with Gasteiger partial charge in [0.15, 0.2) is 11.6 Å². The van der Waals surface area contributed by atoms with Gasteiger partial charge < -0.3 is 8.98 Å². The molecule has 0 spiro atoms. The van der Waals surface area contributed by atoms with Crippen molar-refractivity contribution in [2.45, 2.75) is 0 Å². The third kappa shape index (κ3) is 4.81. The first kappa shape index (κ1) is 31.5. The minimum Gasteiger partial charge on any atom is -0.455 e. The van der Waals surface area contributed by atoms with Gasteiger partial charge in [0.1, 0.15) is 11.2 Å². The molecule has 4 aromatic heterocycles. The second-order valence-electron chi connectivity index (χ2n) is 14.4. The molecule has 0 aliphatic heterocycles. The predicted molar refractivity (Wildman–Crippen MR) is 232 cm³/mol. The van der Waals surface area contributed by atoms with Gasteiger partial charge in [-0.25, -0.2) is 4.98 Å². The molecule has 6 nitrogen and oxygen atoms in total. The Morgan fingerprint density at radius 1 is 0.351 bits per heavy atom. The van der Waals surface area contributed by atoms with Crippen molar-refractivity contribution in [3.8, 4) is 45.5 Å². The van der Waals surface area contributed by atoms with Gasteiger partial charge in [0.2, 0.25) is 5.95 Å². The number of hydrogen-bond acceptors (Lipinski definition) is 4. The monoisotopic (exact) mass is 729 g/mol. The fraction of sp³-hybridized carbons (Fsp3) is 0. The summed E-state index contributed by atoms with van der Waals surface area (Å²) in [6, 6.07) is 65.5. The summed E-state index contributed by atoms with van der Waals surface area (Å²) in [6.45, 7) is 0. The van der Waals surface area contributed by atoms with Crippen LogP contribution in [0.5, 0.6) is 0 Å². The van der Waals surface area contributed by atoms with E-state index in [0.717, 1.165) is 82.7 Å². The van der Waals surface area contributed by atoms with Gasteiger partial charge in [-0.3, -0.25) is 4.57 Å². The van der Waals surface area contributed by atoms with Gasteiger partial charge in [0.05, 0.1) is 33.3 Å². The molecule has 0 N–H and O–H groups in total. The highest BCUT2D eigenvalue weighted by molar-refractivity contribution is 6.12. The smallest absolute Gasteiger partial charge is 0.238 e. The Bertz CT molecular complexity index is 3430. The number of hydrogen-bond donors (Lipinski definition) is 0. The van der Waals surface area contributed by atoms with E-state index in [1.807, 2.05) is 18.2 Å². The summed E-state index contributed by atoms with van der Waals surface area (Å²) in [7, 11) is 0. The van der Waals surface area contributed by atoms with E-state index in [-0.39, 0.29) is 0 Å². The van der Waals surface area contributed by atoms with Crippen molar-refractivity contribution in [1.29, 1.82) is 0 Å². The van der Waals surface area contributed by atoms with Crippen molar-refractivity contribution in [2.75, 3.05) is 0 Å². The van der Waals surface area contributed by atoms with Crippen LogP contribution in [0.15, 0.2) is 192 Å². The van der Waals surface area contributed by atoms with Crippen molar-refractivity contribution >= 4 is 65.6 Å². The molecule has 0 fully saturated rings. The summed E-state index contributed by atoms with van der Waals surface area (Å²) in [4.78, 5) is 16.2. The van der Waals surface area contributed by atoms with Crippen LogP contribution in [0.2, 0.25) is 0 Å². The molecule has 0 saturated heterocycles. The first-order valence-corrected chi connectivity index (χ1v) is 19.1. The molecule has 0 saturated carbocycles. The van der Waals surface area contributed by atoms with E-state index in [0.29, 0.717) is 17.6 Å². The predicted octanol–water partition coefficient (Wildman–Crippen LogP) is 13.0. The number of rotatable bonds is 5. The van der Waals surface area contributed by atoms with Gasteiger partial charge in [0.25, 0.3) is 0 Å². The molecular formula is C51H31N5O. The maximum atomic E-state index is 6.71. The fourth-order valence-corrected chi connectivity index (χ4v) is 8.67. The molecule has 4 heterocycles. The van der Waals surface area contributed by atoms with Gasteiger partial charge in [-0.2, -0.15) is 9.97 Å². The molecule has 0 aliphatic rings. The maximum absolute atomic E-state index is 6.71. The van der Waals surface area contributed by atoms with Gasteiger partial charge in [-0.15, -0.1) is 0 Å². The van der Waals surface area contributed by atoms with Gasteiger partial charge >= 0.3 is 0 Å². The normalized spacial score (nSPS) is 11.9. The van der Waals surface area contributed by atoms with Crippen molar-refractivity contribution < 1.29 is 4.42 Å². The van der Waals surface area contributed by atoms with E-state index in [2.05, 4.69) is 179 Å². The van der Waals surface area contributed by atoms with Gasteiger partial charge in [-0.05, 0) is 65.7 Å². The first-order chi connectivity index (χ1) is 28.3. The summed E-state index contributed by atoms with van der Waals surface area (Å²) in [5.41, 5.74) is 10.6. The molecule has 0 amide bonds. The van der Waals surface area contributed by atoms with Crippen LogP contribution in [0, 0.1) is 0 Å². The van der Waals surface area contributed by atoms with Crippen LogP contribution in [0.4, 0.5) is 0 Å². The molecule has 57 heavy (non-hydrogen) atoms. The Balaban J connectivity index is 1.20. The quantitative estimate of drug-likeness (QED) is 0.177. The van der Waals surface area contributed by atoms with E-state index in [1.165, 1.54) is 10.8 Å². The number of aromatic nitrogens is 5. The van der Waals surface area contributed by atoms with Crippen LogP contribution in [0.25, 0.3) is 111 Å². The lowest BCUT2D eigenvalue weighted by molar-refractivity contribution is 0.669. The summed E-state index contributed by atoms with van der Waals surface area (Å²) in [5, 5.41) is 6.69. The van der Waals surface area contributed by atoms with Crippen LogP contribution in [0.1, 0.15) is 0 Å². The number of benzene rings is 8. The third-order valence-electron chi connectivity index (χ3n) is 11.2. The van der Waals surface area contributed by atoms with Crippen molar-refractivity contribution in [3.05, 3.63) is 188 Å². The number of para-hydroxylation sites is 6.